The van der Waals surface area contributed by atoms with E-state index in [2.05, 4.69) is 0 Å². The molecule has 2 aromatic rings. The standard InChI is InChI=1S/C15H14F2O2S/c1-10(19-7-6-12-3-2-8-20-12)15(18)13-5-4-11(16)9-14(13)17/h2-5,8-10H,6-7H2,1H3. The Morgan fingerprint density at radius 1 is 1.35 bits per heavy atom. The second kappa shape index (κ2) is 6.72. The lowest BCUT2D eigenvalue weighted by molar-refractivity contribution is 0.0484. The first-order chi connectivity index (χ1) is 9.58. The smallest absolute Gasteiger partial charge is 0.194 e. The average molecular weight is 296 g/mol. The number of ketones is 1. The van der Waals surface area contributed by atoms with Crippen LogP contribution >= 0.6 is 11.3 Å². The molecule has 1 atom stereocenters. The van der Waals surface area contributed by atoms with Crippen LogP contribution in [-0.2, 0) is 11.2 Å². The first-order valence-corrected chi connectivity index (χ1v) is 7.09. The highest BCUT2D eigenvalue weighted by molar-refractivity contribution is 7.09. The van der Waals surface area contributed by atoms with E-state index >= 15 is 0 Å². The summed E-state index contributed by atoms with van der Waals surface area (Å²) in [6, 6.07) is 6.84. The molecule has 5 heteroatoms. The third kappa shape index (κ3) is 3.71. The van der Waals surface area contributed by atoms with Crippen molar-refractivity contribution >= 4 is 17.1 Å². The molecule has 1 unspecified atom stereocenters. The topological polar surface area (TPSA) is 26.3 Å². The van der Waals surface area contributed by atoms with Gasteiger partial charge in [0.2, 0.25) is 0 Å². The van der Waals surface area contributed by atoms with Crippen molar-refractivity contribution in [2.45, 2.75) is 19.4 Å². The molecule has 0 saturated heterocycles. The van der Waals surface area contributed by atoms with Crippen LogP contribution in [0, 0.1) is 11.6 Å². The van der Waals surface area contributed by atoms with E-state index in [1.807, 2.05) is 17.5 Å². The van der Waals surface area contributed by atoms with Crippen LogP contribution in [0.25, 0.3) is 0 Å². The lowest BCUT2D eigenvalue weighted by Crippen LogP contribution is -2.23. The summed E-state index contributed by atoms with van der Waals surface area (Å²) >= 11 is 1.62. The van der Waals surface area contributed by atoms with E-state index in [1.165, 1.54) is 0 Å². The minimum Gasteiger partial charge on any atom is -0.370 e. The highest BCUT2D eigenvalue weighted by Gasteiger charge is 2.19. The van der Waals surface area contributed by atoms with E-state index in [0.29, 0.717) is 19.1 Å². The van der Waals surface area contributed by atoms with Gasteiger partial charge >= 0.3 is 0 Å². The molecule has 2 rings (SSSR count). The molecule has 1 aromatic heterocycles. The maximum atomic E-state index is 13.5. The van der Waals surface area contributed by atoms with E-state index in [0.717, 1.165) is 17.0 Å². The molecule has 0 fully saturated rings. The second-order valence-corrected chi connectivity index (χ2v) is 5.36. The minimum atomic E-state index is -0.858. The number of halogens is 2. The molecule has 0 bridgehead atoms. The van der Waals surface area contributed by atoms with Gasteiger partial charge in [0, 0.05) is 17.4 Å². The number of thiophene rings is 1. The van der Waals surface area contributed by atoms with E-state index in [1.54, 1.807) is 18.3 Å². The highest BCUT2D eigenvalue weighted by atomic mass is 32.1. The van der Waals surface area contributed by atoms with Crippen molar-refractivity contribution in [3.8, 4) is 0 Å². The molecule has 0 aliphatic carbocycles. The maximum absolute atomic E-state index is 13.5. The Morgan fingerprint density at radius 2 is 2.15 bits per heavy atom. The van der Waals surface area contributed by atoms with Crippen molar-refractivity contribution in [1.82, 2.24) is 0 Å². The Morgan fingerprint density at radius 3 is 2.80 bits per heavy atom. The summed E-state index contributed by atoms with van der Waals surface area (Å²) in [6.45, 7) is 1.95. The van der Waals surface area contributed by atoms with Gasteiger partial charge in [-0.15, -0.1) is 11.3 Å². The summed E-state index contributed by atoms with van der Waals surface area (Å²) in [5, 5.41) is 1.97. The Balaban J connectivity index is 1.91. The predicted molar refractivity (Wildman–Crippen MR) is 74.1 cm³/mol. The fourth-order valence-corrected chi connectivity index (χ4v) is 2.47. The predicted octanol–water partition coefficient (Wildman–Crippen LogP) is 3.86. The van der Waals surface area contributed by atoms with Gasteiger partial charge in [0.15, 0.2) is 5.78 Å². The van der Waals surface area contributed by atoms with Crippen LogP contribution in [0.4, 0.5) is 8.78 Å². The van der Waals surface area contributed by atoms with E-state index < -0.39 is 23.5 Å². The number of rotatable bonds is 6. The summed E-state index contributed by atoms with van der Waals surface area (Å²) in [6.07, 6.45) is -0.0452. The van der Waals surface area contributed by atoms with E-state index in [9.17, 15) is 13.6 Å². The summed E-state index contributed by atoms with van der Waals surface area (Å²) < 4.78 is 31.7. The van der Waals surface area contributed by atoms with Crippen LogP contribution in [0.5, 0.6) is 0 Å². The molecule has 1 heterocycles. The molecular weight excluding hydrogens is 282 g/mol. The number of hydrogen-bond donors (Lipinski definition) is 0. The molecule has 0 N–H and O–H groups in total. The van der Waals surface area contributed by atoms with Crippen molar-refractivity contribution in [1.29, 1.82) is 0 Å². The quantitative estimate of drug-likeness (QED) is 0.757. The second-order valence-electron chi connectivity index (χ2n) is 4.33. The molecule has 0 aliphatic heterocycles. The van der Waals surface area contributed by atoms with Gasteiger partial charge < -0.3 is 4.74 Å². The van der Waals surface area contributed by atoms with Gasteiger partial charge in [-0.2, -0.15) is 0 Å². The zero-order valence-electron chi connectivity index (χ0n) is 10.9. The number of Topliss-reactive ketones (excluding diaryl/α,β-unsaturated/α-hetero) is 1. The van der Waals surface area contributed by atoms with Crippen molar-refractivity contribution in [3.05, 3.63) is 57.8 Å². The summed E-state index contributed by atoms with van der Waals surface area (Å²) in [4.78, 5) is 13.1. The lowest BCUT2D eigenvalue weighted by atomic mass is 10.1. The van der Waals surface area contributed by atoms with E-state index in [-0.39, 0.29) is 5.56 Å². The molecule has 2 nitrogen and oxygen atoms in total. The Bertz CT molecular complexity index is 582. The molecular formula is C15H14F2O2S. The molecule has 0 amide bonds. The van der Waals surface area contributed by atoms with Gasteiger partial charge in [0.05, 0.1) is 12.2 Å². The van der Waals surface area contributed by atoms with Crippen molar-refractivity contribution in [2.24, 2.45) is 0 Å². The lowest BCUT2D eigenvalue weighted by Gasteiger charge is -2.12. The van der Waals surface area contributed by atoms with Crippen LogP contribution in [0.1, 0.15) is 22.2 Å². The van der Waals surface area contributed by atoms with Crippen molar-refractivity contribution in [3.63, 3.8) is 0 Å². The maximum Gasteiger partial charge on any atom is 0.194 e. The first-order valence-electron chi connectivity index (χ1n) is 6.21. The van der Waals surface area contributed by atoms with E-state index in [4.69, 9.17) is 4.74 Å². The Labute approximate surface area is 120 Å². The van der Waals surface area contributed by atoms with Crippen LogP contribution in [0.3, 0.4) is 0 Å². The Kier molecular flexibility index (Phi) is 4.98. The zero-order chi connectivity index (χ0) is 14.5. The fraction of sp³-hybridized carbons (Fsp3) is 0.267. The van der Waals surface area contributed by atoms with Gasteiger partial charge in [-0.25, -0.2) is 8.78 Å². The summed E-state index contributed by atoms with van der Waals surface area (Å²) in [7, 11) is 0. The molecule has 0 radical (unpaired) electrons. The number of hydrogen-bond acceptors (Lipinski definition) is 3. The molecule has 20 heavy (non-hydrogen) atoms. The van der Waals surface area contributed by atoms with Crippen LogP contribution in [0.15, 0.2) is 35.7 Å². The monoisotopic (exact) mass is 296 g/mol. The summed E-state index contributed by atoms with van der Waals surface area (Å²) in [5.74, 6) is -2.04. The van der Waals surface area contributed by atoms with Gasteiger partial charge in [-0.05, 0) is 30.5 Å². The average Bonchev–Trinajstić information content (AvgIpc) is 2.91. The molecule has 106 valence electrons. The number of ether oxygens (including phenoxy) is 1. The highest BCUT2D eigenvalue weighted by Crippen LogP contribution is 2.14. The molecule has 0 spiro atoms. The zero-order valence-corrected chi connectivity index (χ0v) is 11.8. The Hall–Kier alpha value is -1.59. The molecule has 1 aromatic carbocycles. The van der Waals surface area contributed by atoms with Gasteiger partial charge in [0.25, 0.3) is 0 Å². The largest absolute Gasteiger partial charge is 0.370 e. The molecule has 0 saturated carbocycles. The van der Waals surface area contributed by atoms with Crippen LogP contribution in [0.2, 0.25) is 0 Å². The van der Waals surface area contributed by atoms with Crippen LogP contribution in [-0.4, -0.2) is 18.5 Å². The summed E-state index contributed by atoms with van der Waals surface area (Å²) in [5.41, 5.74) is -0.143. The van der Waals surface area contributed by atoms with Gasteiger partial charge in [-0.1, -0.05) is 6.07 Å². The van der Waals surface area contributed by atoms with Crippen LogP contribution < -0.4 is 0 Å². The normalized spacial score (nSPS) is 12.3. The minimum absolute atomic E-state index is 0.143. The van der Waals surface area contributed by atoms with Crippen molar-refractivity contribution in [2.75, 3.05) is 6.61 Å². The SMILES string of the molecule is CC(OCCc1cccs1)C(=O)c1ccc(F)cc1F. The van der Waals surface area contributed by atoms with Gasteiger partial charge in [0.1, 0.15) is 17.7 Å². The number of carbonyl (C=O) groups is 1. The molecule has 0 aliphatic rings. The number of carbonyl (C=O) groups excluding carboxylic acids is 1. The third-order valence-corrected chi connectivity index (χ3v) is 3.80. The number of benzene rings is 1. The van der Waals surface area contributed by atoms with Gasteiger partial charge in [-0.3, -0.25) is 4.79 Å². The first kappa shape index (κ1) is 14.8. The third-order valence-electron chi connectivity index (χ3n) is 2.86. The van der Waals surface area contributed by atoms with Crippen molar-refractivity contribution < 1.29 is 18.3 Å². The fourth-order valence-electron chi connectivity index (χ4n) is 1.78.